The average Bonchev–Trinajstić information content (AvgIpc) is 2.97. The molecule has 0 N–H and O–H groups in total. The molecule has 0 fully saturated rings. The summed E-state index contributed by atoms with van der Waals surface area (Å²) in [6, 6.07) is 11.0. The number of carbonyl (C=O) groups is 3. The van der Waals surface area contributed by atoms with Crippen LogP contribution in [0, 0.1) is 0 Å². The predicted octanol–water partition coefficient (Wildman–Crippen LogP) is 2.03. The zero-order chi connectivity index (χ0) is 21.0. The van der Waals surface area contributed by atoms with E-state index in [9.17, 15) is 14.4 Å². The van der Waals surface area contributed by atoms with Crippen molar-refractivity contribution in [2.24, 2.45) is 0 Å². The molecule has 2 aromatic rings. The first-order valence-corrected chi connectivity index (χ1v) is 8.90. The molecule has 0 bridgehead atoms. The molecule has 8 nitrogen and oxygen atoms in total. The van der Waals surface area contributed by atoms with Crippen LogP contribution in [0.3, 0.4) is 0 Å². The lowest BCUT2D eigenvalue weighted by Gasteiger charge is -2.19. The van der Waals surface area contributed by atoms with Gasteiger partial charge in [-0.05, 0) is 5.56 Å². The second-order valence-electron chi connectivity index (χ2n) is 6.22. The number of methoxy groups -OCH3 is 3. The van der Waals surface area contributed by atoms with Gasteiger partial charge in [0.1, 0.15) is 6.54 Å². The van der Waals surface area contributed by atoms with Gasteiger partial charge in [-0.1, -0.05) is 30.3 Å². The minimum atomic E-state index is -0.839. The summed E-state index contributed by atoms with van der Waals surface area (Å²) in [5.41, 5.74) is 1.28. The molecule has 0 unspecified atom stereocenters. The lowest BCUT2D eigenvalue weighted by atomic mass is 10.1. The molecule has 0 saturated carbocycles. The molecule has 2 aromatic carbocycles. The van der Waals surface area contributed by atoms with Crippen molar-refractivity contribution in [1.29, 1.82) is 0 Å². The largest absolute Gasteiger partial charge is 0.493 e. The van der Waals surface area contributed by atoms with Gasteiger partial charge in [-0.2, -0.15) is 0 Å². The van der Waals surface area contributed by atoms with Crippen molar-refractivity contribution < 1.29 is 33.3 Å². The highest BCUT2D eigenvalue weighted by Crippen LogP contribution is 2.47. The number of ketones is 1. The van der Waals surface area contributed by atoms with Crippen LogP contribution in [0.15, 0.2) is 36.4 Å². The summed E-state index contributed by atoms with van der Waals surface area (Å²) < 4.78 is 21.0. The van der Waals surface area contributed by atoms with Crippen LogP contribution in [0.1, 0.15) is 15.9 Å². The molecular formula is C21H21NO7. The maximum Gasteiger partial charge on any atom is 0.326 e. The number of carbonyl (C=O) groups excluding carboxylic acids is 3. The van der Waals surface area contributed by atoms with Gasteiger partial charge in [0.15, 0.2) is 11.5 Å². The third-order valence-corrected chi connectivity index (χ3v) is 4.55. The molecule has 0 radical (unpaired) electrons. The van der Waals surface area contributed by atoms with Crippen LogP contribution in [0.4, 0.5) is 5.69 Å². The van der Waals surface area contributed by atoms with Gasteiger partial charge in [0.25, 0.3) is 11.7 Å². The number of Topliss-reactive ketones (excluding diaryl/α,β-unsaturated/α-hetero) is 1. The summed E-state index contributed by atoms with van der Waals surface area (Å²) in [4.78, 5) is 38.3. The van der Waals surface area contributed by atoms with Crippen molar-refractivity contribution in [3.8, 4) is 17.2 Å². The number of hydrogen-bond acceptors (Lipinski definition) is 7. The highest BCUT2D eigenvalue weighted by Gasteiger charge is 2.42. The van der Waals surface area contributed by atoms with E-state index in [-0.39, 0.29) is 35.1 Å². The maximum absolute atomic E-state index is 12.5. The van der Waals surface area contributed by atoms with E-state index in [1.165, 1.54) is 27.4 Å². The maximum atomic E-state index is 12.5. The highest BCUT2D eigenvalue weighted by molar-refractivity contribution is 6.53. The van der Waals surface area contributed by atoms with E-state index in [1.807, 2.05) is 30.3 Å². The van der Waals surface area contributed by atoms with Gasteiger partial charge in [0.2, 0.25) is 5.75 Å². The number of hydrogen-bond donors (Lipinski definition) is 0. The van der Waals surface area contributed by atoms with Crippen LogP contribution in [-0.4, -0.2) is 52.1 Å². The van der Waals surface area contributed by atoms with Crippen molar-refractivity contribution >= 4 is 23.3 Å². The number of fused-ring (bicyclic) bond motifs is 1. The van der Waals surface area contributed by atoms with Crippen molar-refractivity contribution in [1.82, 2.24) is 0 Å². The Labute approximate surface area is 167 Å². The molecule has 1 aliphatic heterocycles. The fourth-order valence-electron chi connectivity index (χ4n) is 3.17. The number of ether oxygens (including phenoxy) is 4. The lowest BCUT2D eigenvalue weighted by molar-refractivity contribution is -0.142. The average molecular weight is 399 g/mol. The lowest BCUT2D eigenvalue weighted by Crippen LogP contribution is -2.35. The third kappa shape index (κ3) is 3.87. The summed E-state index contributed by atoms with van der Waals surface area (Å²) in [6.45, 7) is -0.230. The van der Waals surface area contributed by atoms with E-state index < -0.39 is 24.2 Å². The fraction of sp³-hybridized carbons (Fsp3) is 0.286. The molecule has 0 atom stereocenters. The van der Waals surface area contributed by atoms with Crippen molar-refractivity contribution in [3.05, 3.63) is 47.5 Å². The van der Waals surface area contributed by atoms with Gasteiger partial charge in [0, 0.05) is 12.5 Å². The van der Waals surface area contributed by atoms with Crippen LogP contribution in [0.2, 0.25) is 0 Å². The predicted molar refractivity (Wildman–Crippen MR) is 104 cm³/mol. The first-order valence-electron chi connectivity index (χ1n) is 8.90. The Morgan fingerprint density at radius 3 is 2.28 bits per heavy atom. The summed E-state index contributed by atoms with van der Waals surface area (Å²) in [6.07, 6.45) is 0.550. The van der Waals surface area contributed by atoms with E-state index in [4.69, 9.17) is 18.9 Å². The molecule has 29 heavy (non-hydrogen) atoms. The standard InChI is InChI=1S/C21H21NO7/c1-26-15-11-14-17(20(28-3)19(15)27-2)18(24)21(25)22(14)12-16(23)29-10-9-13-7-5-4-6-8-13/h4-8,11H,9-10,12H2,1-3H3. The smallest absolute Gasteiger partial charge is 0.326 e. The molecule has 3 rings (SSSR count). The number of amides is 1. The summed E-state index contributed by atoms with van der Waals surface area (Å²) in [7, 11) is 4.18. The molecular weight excluding hydrogens is 378 g/mol. The van der Waals surface area contributed by atoms with Crippen LogP contribution in [0.5, 0.6) is 17.2 Å². The Morgan fingerprint density at radius 1 is 0.966 bits per heavy atom. The zero-order valence-corrected chi connectivity index (χ0v) is 16.4. The number of rotatable bonds is 8. The number of anilines is 1. The molecule has 0 aliphatic carbocycles. The minimum absolute atomic E-state index is 0.0345. The Bertz CT molecular complexity index is 940. The Kier molecular flexibility index (Phi) is 6.01. The van der Waals surface area contributed by atoms with Gasteiger partial charge in [-0.25, -0.2) is 0 Å². The third-order valence-electron chi connectivity index (χ3n) is 4.55. The Hall–Kier alpha value is -3.55. The first kappa shape index (κ1) is 20.2. The molecule has 1 amide bonds. The second-order valence-corrected chi connectivity index (χ2v) is 6.22. The van der Waals surface area contributed by atoms with Crippen molar-refractivity contribution in [2.75, 3.05) is 39.4 Å². The van der Waals surface area contributed by atoms with Crippen molar-refractivity contribution in [2.45, 2.75) is 6.42 Å². The Morgan fingerprint density at radius 2 is 1.66 bits per heavy atom. The molecule has 0 spiro atoms. The van der Waals surface area contributed by atoms with E-state index >= 15 is 0 Å². The van der Waals surface area contributed by atoms with Gasteiger partial charge < -0.3 is 18.9 Å². The van der Waals surface area contributed by atoms with Crippen LogP contribution < -0.4 is 19.1 Å². The summed E-state index contributed by atoms with van der Waals surface area (Å²) in [5.74, 6) is -1.69. The van der Waals surface area contributed by atoms with Crippen LogP contribution in [0.25, 0.3) is 0 Å². The molecule has 1 heterocycles. The molecule has 0 saturated heterocycles. The molecule has 0 aromatic heterocycles. The summed E-state index contributed by atoms with van der Waals surface area (Å²) in [5, 5.41) is 0. The topological polar surface area (TPSA) is 91.4 Å². The SMILES string of the molecule is COc1cc2c(c(OC)c1OC)C(=O)C(=O)N2CC(=O)OCCc1ccccc1. The van der Waals surface area contributed by atoms with E-state index in [2.05, 4.69) is 0 Å². The quantitative estimate of drug-likeness (QED) is 0.495. The van der Waals surface area contributed by atoms with E-state index in [0.717, 1.165) is 10.5 Å². The first-order chi connectivity index (χ1) is 14.0. The van der Waals surface area contributed by atoms with Gasteiger partial charge >= 0.3 is 5.97 Å². The number of nitrogens with zero attached hydrogens (tertiary/aromatic N) is 1. The molecule has 1 aliphatic rings. The normalized spacial score (nSPS) is 12.6. The van der Waals surface area contributed by atoms with E-state index in [1.54, 1.807) is 0 Å². The second kappa shape index (κ2) is 8.64. The van der Waals surface area contributed by atoms with Gasteiger partial charge in [-0.15, -0.1) is 0 Å². The number of esters is 1. The minimum Gasteiger partial charge on any atom is -0.493 e. The van der Waals surface area contributed by atoms with Crippen LogP contribution in [-0.2, 0) is 20.7 Å². The summed E-state index contributed by atoms with van der Waals surface area (Å²) >= 11 is 0. The fourth-order valence-corrected chi connectivity index (χ4v) is 3.17. The Balaban J connectivity index is 1.78. The van der Waals surface area contributed by atoms with Crippen molar-refractivity contribution in [3.63, 3.8) is 0 Å². The van der Waals surface area contributed by atoms with Gasteiger partial charge in [-0.3, -0.25) is 19.3 Å². The highest BCUT2D eigenvalue weighted by atomic mass is 16.5. The van der Waals surface area contributed by atoms with Crippen LogP contribution >= 0.6 is 0 Å². The number of benzene rings is 2. The van der Waals surface area contributed by atoms with E-state index in [0.29, 0.717) is 6.42 Å². The van der Waals surface area contributed by atoms with Gasteiger partial charge in [0.05, 0.1) is 39.2 Å². The monoisotopic (exact) mass is 399 g/mol. The molecule has 8 heteroatoms. The zero-order valence-electron chi connectivity index (χ0n) is 16.4. The molecule has 152 valence electrons.